The van der Waals surface area contributed by atoms with Crippen molar-refractivity contribution in [1.29, 1.82) is 0 Å². The summed E-state index contributed by atoms with van der Waals surface area (Å²) in [7, 11) is 0. The molecule has 0 radical (unpaired) electrons. The maximum Gasteiger partial charge on any atom is 0.267 e. The Morgan fingerprint density at radius 3 is 2.38 bits per heavy atom. The third-order valence-corrected chi connectivity index (χ3v) is 3.88. The number of aliphatic hydroxyl groups is 1. The molecule has 21 heavy (non-hydrogen) atoms. The molecule has 0 spiro atoms. The van der Waals surface area contributed by atoms with Gasteiger partial charge in [-0.25, -0.2) is 4.99 Å². The largest absolute Gasteiger partial charge is 0.366 e. The lowest BCUT2D eigenvalue weighted by Gasteiger charge is -2.32. The summed E-state index contributed by atoms with van der Waals surface area (Å²) in [4.78, 5) is 16.7. The van der Waals surface area contributed by atoms with Gasteiger partial charge < -0.3 is 15.7 Å². The quantitative estimate of drug-likeness (QED) is 0.828. The molecule has 1 heterocycles. The first-order valence-corrected chi connectivity index (χ1v) is 7.58. The molecule has 0 saturated carbocycles. The summed E-state index contributed by atoms with van der Waals surface area (Å²) < 4.78 is 0. The van der Waals surface area contributed by atoms with Crippen LogP contribution in [-0.2, 0) is 4.79 Å². The van der Waals surface area contributed by atoms with Crippen LogP contribution < -0.4 is 5.73 Å². The molecule has 0 aromatic carbocycles. The number of nitrogens with zero attached hydrogens (tertiary/aromatic N) is 2. The van der Waals surface area contributed by atoms with Crippen molar-refractivity contribution in [3.05, 3.63) is 21.3 Å². The highest BCUT2D eigenvalue weighted by molar-refractivity contribution is 6.40. The molecule has 0 saturated heterocycles. The van der Waals surface area contributed by atoms with Crippen molar-refractivity contribution in [3.63, 3.8) is 0 Å². The van der Waals surface area contributed by atoms with Crippen LogP contribution in [0, 0.1) is 0 Å². The Morgan fingerprint density at radius 2 is 1.95 bits per heavy atom. The van der Waals surface area contributed by atoms with Crippen LogP contribution >= 0.6 is 23.2 Å². The Bertz CT molecular complexity index is 485. The number of carbonyl (C=O) groups is 1. The number of allylic oxidation sites excluding steroid dienone is 2. The number of primary amides is 1. The van der Waals surface area contributed by atoms with Gasteiger partial charge in [-0.2, -0.15) is 0 Å². The Balaban J connectivity index is 0.00000191. The van der Waals surface area contributed by atoms with Crippen LogP contribution in [-0.4, -0.2) is 34.5 Å². The number of rotatable bonds is 4. The Morgan fingerprint density at radius 1 is 1.43 bits per heavy atom. The van der Waals surface area contributed by atoms with E-state index in [2.05, 4.69) is 4.99 Å². The molecule has 1 amide bonds. The highest BCUT2D eigenvalue weighted by atomic mass is 35.5. The third-order valence-electron chi connectivity index (χ3n) is 2.87. The highest BCUT2D eigenvalue weighted by Crippen LogP contribution is 2.30. The van der Waals surface area contributed by atoms with E-state index in [1.165, 1.54) is 4.90 Å². The van der Waals surface area contributed by atoms with Crippen LogP contribution in [0.2, 0.25) is 0 Å². The number of amidine groups is 1. The van der Waals surface area contributed by atoms with Gasteiger partial charge in [0, 0.05) is 16.3 Å². The lowest BCUT2D eigenvalue weighted by atomic mass is 10.1. The van der Waals surface area contributed by atoms with Gasteiger partial charge in [-0.1, -0.05) is 44.0 Å². The number of aliphatic imine (C=N–C) groups is 1. The monoisotopic (exact) mass is 335 g/mol. The number of hydrogen-bond donors (Lipinski definition) is 2. The molecule has 1 rings (SSSR count). The van der Waals surface area contributed by atoms with E-state index in [1.807, 2.05) is 20.8 Å². The normalized spacial score (nSPS) is 17.5. The molecule has 0 bridgehead atoms. The predicted octanol–water partition coefficient (Wildman–Crippen LogP) is 2.92. The minimum Gasteiger partial charge on any atom is -0.366 e. The maximum atomic E-state index is 11.1. The highest BCUT2D eigenvalue weighted by Gasteiger charge is 2.28. The number of nitrogens with two attached hydrogens (primary N) is 1. The molecule has 1 aliphatic heterocycles. The standard InChI is InChI=1S/C12H17Cl2N3O2.C2H6/c1-4-9(13)10(14)8-5-17(12(19)11(15)18)7(3)16-6(8)2;1-2/h12,19H,4-5H2,1-3H3,(H2,15,18);1-2H3/b10-9-;. The van der Waals surface area contributed by atoms with Crippen molar-refractivity contribution in [1.82, 2.24) is 4.90 Å². The molecule has 120 valence electrons. The van der Waals surface area contributed by atoms with Gasteiger partial charge in [-0.15, -0.1) is 0 Å². The van der Waals surface area contributed by atoms with Crippen LogP contribution in [0.4, 0.5) is 0 Å². The molecular weight excluding hydrogens is 313 g/mol. The second-order valence-electron chi connectivity index (χ2n) is 4.20. The van der Waals surface area contributed by atoms with E-state index in [-0.39, 0.29) is 6.54 Å². The Kier molecular flexibility index (Phi) is 8.63. The first kappa shape index (κ1) is 20.0. The fourth-order valence-electron chi connectivity index (χ4n) is 1.74. The minimum absolute atomic E-state index is 0.236. The second-order valence-corrected chi connectivity index (χ2v) is 5.03. The van der Waals surface area contributed by atoms with Crippen LogP contribution in [0.3, 0.4) is 0 Å². The topological polar surface area (TPSA) is 78.9 Å². The van der Waals surface area contributed by atoms with Crippen LogP contribution in [0.25, 0.3) is 0 Å². The second kappa shape index (κ2) is 9.07. The predicted molar refractivity (Wildman–Crippen MR) is 88.1 cm³/mol. The average molecular weight is 336 g/mol. The zero-order chi connectivity index (χ0) is 16.7. The third kappa shape index (κ3) is 5.02. The number of carbonyl (C=O) groups excluding carboxylic acids is 1. The number of halogens is 2. The smallest absolute Gasteiger partial charge is 0.267 e. The van der Waals surface area contributed by atoms with Gasteiger partial charge in [0.1, 0.15) is 5.84 Å². The van der Waals surface area contributed by atoms with Crippen molar-refractivity contribution < 1.29 is 9.90 Å². The minimum atomic E-state index is -1.43. The van der Waals surface area contributed by atoms with E-state index in [9.17, 15) is 9.90 Å². The van der Waals surface area contributed by atoms with Crippen molar-refractivity contribution >= 4 is 34.9 Å². The van der Waals surface area contributed by atoms with Crippen molar-refractivity contribution in [2.24, 2.45) is 10.7 Å². The van der Waals surface area contributed by atoms with E-state index in [1.54, 1.807) is 13.8 Å². The molecule has 3 N–H and O–H groups in total. The molecule has 0 aromatic heterocycles. The zero-order valence-corrected chi connectivity index (χ0v) is 14.6. The molecule has 1 aliphatic rings. The lowest BCUT2D eigenvalue weighted by molar-refractivity contribution is -0.132. The van der Waals surface area contributed by atoms with Gasteiger partial charge in [-0.05, 0) is 20.3 Å². The van der Waals surface area contributed by atoms with Crippen molar-refractivity contribution in [3.8, 4) is 0 Å². The molecule has 5 nitrogen and oxygen atoms in total. The van der Waals surface area contributed by atoms with Gasteiger partial charge in [0.05, 0.1) is 11.6 Å². The van der Waals surface area contributed by atoms with E-state index in [0.29, 0.717) is 33.6 Å². The Labute approximate surface area is 136 Å². The lowest BCUT2D eigenvalue weighted by Crippen LogP contribution is -2.49. The fourth-order valence-corrected chi connectivity index (χ4v) is 2.18. The SMILES string of the molecule is CC.CC/C(Cl)=C(/Cl)C1=C(C)N=C(C)N(C(O)C(N)=O)C1. The Hall–Kier alpha value is -1.04. The first-order valence-electron chi connectivity index (χ1n) is 6.83. The van der Waals surface area contributed by atoms with Crippen LogP contribution in [0.1, 0.15) is 41.0 Å². The van der Waals surface area contributed by atoms with Crippen molar-refractivity contribution in [2.45, 2.75) is 47.3 Å². The zero-order valence-electron chi connectivity index (χ0n) is 13.1. The number of aliphatic hydroxyl groups excluding tert-OH is 1. The van der Waals surface area contributed by atoms with Gasteiger partial charge in [0.15, 0.2) is 0 Å². The number of hydrogen-bond acceptors (Lipinski definition) is 4. The molecule has 0 aromatic rings. The average Bonchev–Trinajstić information content (AvgIpc) is 2.47. The first-order chi connectivity index (χ1) is 9.79. The molecule has 1 unspecified atom stereocenters. The van der Waals surface area contributed by atoms with Crippen molar-refractivity contribution in [2.75, 3.05) is 6.54 Å². The van der Waals surface area contributed by atoms with E-state index < -0.39 is 12.1 Å². The summed E-state index contributed by atoms with van der Waals surface area (Å²) >= 11 is 12.2. The molecule has 7 heteroatoms. The summed E-state index contributed by atoms with van der Waals surface area (Å²) in [6, 6.07) is 0. The van der Waals surface area contributed by atoms with Crippen LogP contribution in [0.15, 0.2) is 26.3 Å². The van der Waals surface area contributed by atoms with Crippen LogP contribution in [0.5, 0.6) is 0 Å². The molecule has 0 fully saturated rings. The van der Waals surface area contributed by atoms with E-state index in [4.69, 9.17) is 28.9 Å². The summed E-state index contributed by atoms with van der Waals surface area (Å²) in [5.74, 6) is -0.334. The number of amides is 1. The summed E-state index contributed by atoms with van der Waals surface area (Å²) in [5, 5.41) is 10.7. The summed E-state index contributed by atoms with van der Waals surface area (Å²) in [6.45, 7) is 9.61. The van der Waals surface area contributed by atoms with E-state index in [0.717, 1.165) is 0 Å². The van der Waals surface area contributed by atoms with Gasteiger partial charge in [0.25, 0.3) is 5.91 Å². The van der Waals surface area contributed by atoms with Gasteiger partial charge >= 0.3 is 0 Å². The molecule has 1 atom stereocenters. The maximum absolute atomic E-state index is 11.1. The summed E-state index contributed by atoms with van der Waals surface area (Å²) in [6.07, 6.45) is -0.838. The molecular formula is C14H23Cl2N3O2. The molecule has 0 aliphatic carbocycles. The summed E-state index contributed by atoms with van der Waals surface area (Å²) in [5.41, 5.74) is 6.49. The van der Waals surface area contributed by atoms with Gasteiger partial charge in [-0.3, -0.25) is 4.79 Å². The van der Waals surface area contributed by atoms with E-state index >= 15 is 0 Å². The van der Waals surface area contributed by atoms with Gasteiger partial charge in [0.2, 0.25) is 6.23 Å². The fraction of sp³-hybridized carbons (Fsp3) is 0.571.